The molecule has 4 heterocycles. The summed E-state index contributed by atoms with van der Waals surface area (Å²) in [5.41, 5.74) is 8.40. The second-order valence-electron chi connectivity index (χ2n) is 11.2. The maximum atomic E-state index is 4.97. The molecule has 4 aromatic heterocycles. The van der Waals surface area contributed by atoms with Crippen LogP contribution in [0.4, 0.5) is 0 Å². The summed E-state index contributed by atoms with van der Waals surface area (Å²) in [6, 6.07) is 19.2. The zero-order valence-electron chi connectivity index (χ0n) is 23.4. The zero-order chi connectivity index (χ0) is 27.3. The van der Waals surface area contributed by atoms with Crippen LogP contribution in [0.2, 0.25) is 0 Å². The van der Waals surface area contributed by atoms with E-state index in [0.717, 1.165) is 38.9 Å². The van der Waals surface area contributed by atoms with Crippen molar-refractivity contribution < 1.29 is 0 Å². The number of aromatic nitrogens is 5. The number of pyridine rings is 3. The number of benzene rings is 2. The van der Waals surface area contributed by atoms with Crippen molar-refractivity contribution in [2.45, 2.75) is 59.3 Å². The Hall–Kier alpha value is -4.25. The molecule has 5 nitrogen and oxygen atoms in total. The van der Waals surface area contributed by atoms with Crippen LogP contribution >= 0.6 is 0 Å². The summed E-state index contributed by atoms with van der Waals surface area (Å²) in [5.74, 6) is 1.62. The Morgan fingerprint density at radius 1 is 0.590 bits per heavy atom. The fourth-order valence-corrected chi connectivity index (χ4v) is 5.58. The molecular formula is C34H33N5. The van der Waals surface area contributed by atoms with E-state index < -0.39 is 0 Å². The third-order valence-corrected chi connectivity index (χ3v) is 7.45. The van der Waals surface area contributed by atoms with Gasteiger partial charge in [0.1, 0.15) is 0 Å². The van der Waals surface area contributed by atoms with Gasteiger partial charge < -0.3 is 0 Å². The van der Waals surface area contributed by atoms with Crippen molar-refractivity contribution >= 4 is 32.7 Å². The van der Waals surface area contributed by atoms with Gasteiger partial charge in [0.15, 0.2) is 11.5 Å². The molecule has 0 radical (unpaired) electrons. The van der Waals surface area contributed by atoms with Gasteiger partial charge in [0, 0.05) is 45.9 Å². The highest BCUT2D eigenvalue weighted by molar-refractivity contribution is 5.95. The molecule has 0 spiro atoms. The lowest BCUT2D eigenvalue weighted by atomic mass is 9.89. The highest BCUT2D eigenvalue weighted by Gasteiger charge is 2.18. The molecule has 194 valence electrons. The van der Waals surface area contributed by atoms with Gasteiger partial charge in [-0.1, -0.05) is 65.8 Å². The van der Waals surface area contributed by atoms with E-state index in [9.17, 15) is 0 Å². The lowest BCUT2D eigenvalue weighted by molar-refractivity contribution is 0.829. The molecule has 0 aliphatic carbocycles. The molecule has 0 N–H and O–H groups in total. The van der Waals surface area contributed by atoms with Crippen LogP contribution in [0.3, 0.4) is 0 Å². The first-order valence-electron chi connectivity index (χ1n) is 13.8. The molecule has 0 amide bonds. The molecule has 0 unspecified atom stereocenters. The van der Waals surface area contributed by atoms with Crippen molar-refractivity contribution in [2.75, 3.05) is 0 Å². The number of rotatable bonds is 5. The molecule has 0 atom stereocenters. The Labute approximate surface area is 229 Å². The third-order valence-electron chi connectivity index (χ3n) is 7.45. The summed E-state index contributed by atoms with van der Waals surface area (Å²) in [6.45, 7) is 13.2. The Morgan fingerprint density at radius 3 is 2.15 bits per heavy atom. The highest BCUT2D eigenvalue weighted by atomic mass is 14.9. The molecule has 2 aromatic carbocycles. The summed E-state index contributed by atoms with van der Waals surface area (Å²) in [7, 11) is 0. The minimum Gasteiger partial charge on any atom is -0.260 e. The fourth-order valence-electron chi connectivity index (χ4n) is 5.58. The molecule has 6 rings (SSSR count). The van der Waals surface area contributed by atoms with Crippen LogP contribution in [-0.4, -0.2) is 24.9 Å². The van der Waals surface area contributed by atoms with Gasteiger partial charge in [0.2, 0.25) is 0 Å². The van der Waals surface area contributed by atoms with Gasteiger partial charge in [-0.3, -0.25) is 9.97 Å². The average Bonchev–Trinajstić information content (AvgIpc) is 2.94. The van der Waals surface area contributed by atoms with E-state index in [-0.39, 0.29) is 5.92 Å². The molecule has 0 aliphatic heterocycles. The smallest absolute Gasteiger partial charge is 0.163 e. The van der Waals surface area contributed by atoms with Gasteiger partial charge in [-0.05, 0) is 64.6 Å². The molecule has 0 saturated carbocycles. The van der Waals surface area contributed by atoms with E-state index in [0.29, 0.717) is 17.7 Å². The van der Waals surface area contributed by atoms with Gasteiger partial charge in [-0.15, -0.1) is 0 Å². The molecule has 0 fully saturated rings. The molecule has 39 heavy (non-hydrogen) atoms. The number of nitrogens with zero attached hydrogens (tertiary/aromatic N) is 5. The minimum absolute atomic E-state index is 0.264. The largest absolute Gasteiger partial charge is 0.260 e. The van der Waals surface area contributed by atoms with E-state index in [1.807, 2.05) is 24.5 Å². The number of hydrogen-bond acceptors (Lipinski definition) is 5. The Kier molecular flexibility index (Phi) is 6.30. The summed E-state index contributed by atoms with van der Waals surface area (Å²) in [5, 5.41) is 4.59. The standard InChI is InChI=1S/C34H33N5/c1-19(2)30-25-12-11-24(33-38-32(21(5)6)26-8-7-14-36-34(26)39-33)17-29(25)37-18-28(30)23-10-9-22-13-15-35-31(20(3)4)27(22)16-23/h7-21H,1-6H3. The quantitative estimate of drug-likeness (QED) is 0.231. The Bertz CT molecular complexity index is 1850. The second kappa shape index (κ2) is 9.81. The van der Waals surface area contributed by atoms with E-state index in [1.165, 1.54) is 27.5 Å². The van der Waals surface area contributed by atoms with Crippen molar-refractivity contribution in [3.8, 4) is 22.5 Å². The van der Waals surface area contributed by atoms with Gasteiger partial charge in [0.25, 0.3) is 0 Å². The zero-order valence-corrected chi connectivity index (χ0v) is 23.4. The molecule has 0 bridgehead atoms. The molecule has 5 heteroatoms. The van der Waals surface area contributed by atoms with Crippen LogP contribution in [-0.2, 0) is 0 Å². The van der Waals surface area contributed by atoms with E-state index >= 15 is 0 Å². The van der Waals surface area contributed by atoms with Crippen molar-refractivity contribution in [3.05, 3.63) is 90.1 Å². The van der Waals surface area contributed by atoms with Crippen LogP contribution in [0.1, 0.15) is 76.2 Å². The predicted molar refractivity (Wildman–Crippen MR) is 161 cm³/mol. The second-order valence-corrected chi connectivity index (χ2v) is 11.2. The van der Waals surface area contributed by atoms with Crippen LogP contribution in [0, 0.1) is 0 Å². The minimum atomic E-state index is 0.264. The summed E-state index contributed by atoms with van der Waals surface area (Å²) in [6.07, 6.45) is 5.72. The maximum Gasteiger partial charge on any atom is 0.163 e. The monoisotopic (exact) mass is 511 g/mol. The van der Waals surface area contributed by atoms with Gasteiger partial charge >= 0.3 is 0 Å². The van der Waals surface area contributed by atoms with Crippen LogP contribution in [0.5, 0.6) is 0 Å². The summed E-state index contributed by atoms with van der Waals surface area (Å²) >= 11 is 0. The van der Waals surface area contributed by atoms with Gasteiger partial charge in [-0.25, -0.2) is 15.0 Å². The molecule has 6 aromatic rings. The Balaban J connectivity index is 1.51. The van der Waals surface area contributed by atoms with Crippen LogP contribution < -0.4 is 0 Å². The first-order chi connectivity index (χ1) is 18.8. The van der Waals surface area contributed by atoms with Gasteiger partial charge in [0.05, 0.1) is 16.9 Å². The lowest BCUT2D eigenvalue weighted by Crippen LogP contribution is -2.02. The fraction of sp³-hybridized carbons (Fsp3) is 0.265. The lowest BCUT2D eigenvalue weighted by Gasteiger charge is -2.18. The molecular weight excluding hydrogens is 478 g/mol. The van der Waals surface area contributed by atoms with Crippen molar-refractivity contribution in [1.82, 2.24) is 24.9 Å². The number of fused-ring (bicyclic) bond motifs is 3. The van der Waals surface area contributed by atoms with E-state index in [4.69, 9.17) is 19.9 Å². The van der Waals surface area contributed by atoms with Crippen LogP contribution in [0.25, 0.3) is 55.2 Å². The number of hydrogen-bond donors (Lipinski definition) is 0. The molecule has 0 saturated heterocycles. The van der Waals surface area contributed by atoms with Gasteiger partial charge in [-0.2, -0.15) is 0 Å². The Morgan fingerprint density at radius 2 is 1.38 bits per heavy atom. The normalized spacial score (nSPS) is 12.0. The summed E-state index contributed by atoms with van der Waals surface area (Å²) in [4.78, 5) is 24.0. The highest BCUT2D eigenvalue weighted by Crippen LogP contribution is 2.37. The SMILES string of the molecule is CC(C)c1nccc2ccc(-c3cnc4cc(-c5nc(C(C)C)c6cccnc6n5)ccc4c3C(C)C)cc12. The van der Waals surface area contributed by atoms with Crippen molar-refractivity contribution in [3.63, 3.8) is 0 Å². The third kappa shape index (κ3) is 4.42. The predicted octanol–water partition coefficient (Wildman–Crippen LogP) is 8.83. The first-order valence-corrected chi connectivity index (χ1v) is 13.8. The van der Waals surface area contributed by atoms with E-state index in [2.05, 4.69) is 89.0 Å². The van der Waals surface area contributed by atoms with Crippen molar-refractivity contribution in [1.29, 1.82) is 0 Å². The maximum absolute atomic E-state index is 4.97. The van der Waals surface area contributed by atoms with E-state index in [1.54, 1.807) is 6.20 Å². The topological polar surface area (TPSA) is 64.5 Å². The molecule has 0 aliphatic rings. The first kappa shape index (κ1) is 25.1. The average molecular weight is 512 g/mol. The van der Waals surface area contributed by atoms with Crippen molar-refractivity contribution in [2.24, 2.45) is 0 Å². The van der Waals surface area contributed by atoms with Crippen LogP contribution in [0.15, 0.2) is 73.2 Å². The summed E-state index contributed by atoms with van der Waals surface area (Å²) < 4.78 is 0.